The van der Waals surface area contributed by atoms with Gasteiger partial charge < -0.3 is 15.1 Å². The van der Waals surface area contributed by atoms with Crippen LogP contribution in [0.2, 0.25) is 5.15 Å². The number of rotatable bonds is 10. The Morgan fingerprint density at radius 1 is 1.30 bits per heavy atom. The number of hydrogen-bond acceptors (Lipinski definition) is 6. The molecular weight excluding hydrogens is 422 g/mol. The molecule has 2 atom stereocenters. The maximum atomic E-state index is 12.5. The van der Waals surface area contributed by atoms with E-state index in [0.717, 1.165) is 31.5 Å². The summed E-state index contributed by atoms with van der Waals surface area (Å²) in [5, 5.41) is 3.78. The van der Waals surface area contributed by atoms with E-state index in [1.54, 1.807) is 6.07 Å². The first-order valence-corrected chi connectivity index (χ1v) is 12.2. The molecule has 7 nitrogen and oxygen atoms in total. The highest BCUT2D eigenvalue weighted by molar-refractivity contribution is 7.99. The number of halogens is 1. The molecule has 0 bridgehead atoms. The van der Waals surface area contributed by atoms with Gasteiger partial charge in [-0.25, -0.2) is 9.97 Å². The minimum absolute atomic E-state index is 0.0386. The summed E-state index contributed by atoms with van der Waals surface area (Å²) >= 11 is 7.50. The Labute approximate surface area is 189 Å². The summed E-state index contributed by atoms with van der Waals surface area (Å²) in [6.45, 7) is 10.3. The molecule has 1 aromatic rings. The molecule has 1 N–H and O–H groups in total. The molecule has 2 heterocycles. The van der Waals surface area contributed by atoms with Crippen LogP contribution in [0, 0.1) is 0 Å². The molecule has 0 aromatic carbocycles. The summed E-state index contributed by atoms with van der Waals surface area (Å²) in [6, 6.07) is 2.01. The third kappa shape index (κ3) is 7.61. The number of nitrogens with zero attached hydrogens (tertiary/aromatic N) is 4. The molecule has 2 amide bonds. The Bertz CT molecular complexity index is 721. The molecule has 1 aromatic heterocycles. The van der Waals surface area contributed by atoms with Gasteiger partial charge in [0.25, 0.3) is 0 Å². The zero-order valence-electron chi connectivity index (χ0n) is 18.5. The number of amides is 2. The van der Waals surface area contributed by atoms with E-state index < -0.39 is 0 Å². The van der Waals surface area contributed by atoms with Crippen molar-refractivity contribution in [2.24, 2.45) is 0 Å². The van der Waals surface area contributed by atoms with Gasteiger partial charge in [-0.3, -0.25) is 9.59 Å². The number of unbranched alkanes of at least 4 members (excludes halogenated alkanes) is 2. The summed E-state index contributed by atoms with van der Waals surface area (Å²) in [5.41, 5.74) is 0. The Balaban J connectivity index is 1.95. The van der Waals surface area contributed by atoms with Gasteiger partial charge in [-0.2, -0.15) is 0 Å². The molecule has 9 heteroatoms. The molecule has 0 radical (unpaired) electrons. The van der Waals surface area contributed by atoms with Crippen molar-refractivity contribution in [1.82, 2.24) is 20.2 Å². The second-order valence-electron chi connectivity index (χ2n) is 7.84. The summed E-state index contributed by atoms with van der Waals surface area (Å²) in [4.78, 5) is 37.5. The lowest BCUT2D eigenvalue weighted by Gasteiger charge is -2.40. The number of carbonyl (C=O) groups excluding carboxylic acids is 2. The second-order valence-corrected chi connectivity index (χ2v) is 9.17. The van der Waals surface area contributed by atoms with Crippen molar-refractivity contribution < 1.29 is 9.59 Å². The zero-order chi connectivity index (χ0) is 22.1. The predicted molar refractivity (Wildman–Crippen MR) is 123 cm³/mol. The minimum atomic E-state index is -0.0386. The predicted octanol–water partition coefficient (Wildman–Crippen LogP) is 3.75. The first-order valence-electron chi connectivity index (χ1n) is 10.8. The number of nitrogens with one attached hydrogen (secondary N) is 1. The third-order valence-corrected chi connectivity index (χ3v) is 6.32. The van der Waals surface area contributed by atoms with Crippen molar-refractivity contribution in [2.75, 3.05) is 30.3 Å². The fraction of sp³-hybridized carbons (Fsp3) is 0.714. The molecular formula is C21H34ClN5O2S. The normalized spacial score (nSPS) is 17.7. The van der Waals surface area contributed by atoms with Gasteiger partial charge >= 0.3 is 0 Å². The lowest BCUT2D eigenvalue weighted by Crippen LogP contribution is -2.54. The Morgan fingerprint density at radius 2 is 2.07 bits per heavy atom. The maximum Gasteiger partial charge on any atom is 0.230 e. The van der Waals surface area contributed by atoms with Crippen LogP contribution in [0.25, 0.3) is 0 Å². The van der Waals surface area contributed by atoms with Crippen molar-refractivity contribution in [1.29, 1.82) is 0 Å². The number of carbonyl (C=O) groups is 2. The highest BCUT2D eigenvalue weighted by Crippen LogP contribution is 2.24. The number of thioether (sulfide) groups is 1. The number of aromatic nitrogens is 2. The van der Waals surface area contributed by atoms with Crippen molar-refractivity contribution >= 4 is 41.0 Å². The Morgan fingerprint density at radius 3 is 2.73 bits per heavy atom. The molecule has 0 saturated carbocycles. The van der Waals surface area contributed by atoms with E-state index >= 15 is 0 Å². The molecule has 1 aliphatic heterocycles. The van der Waals surface area contributed by atoms with Crippen molar-refractivity contribution in [3.63, 3.8) is 0 Å². The first kappa shape index (κ1) is 24.7. The van der Waals surface area contributed by atoms with Crippen molar-refractivity contribution in [3.8, 4) is 0 Å². The summed E-state index contributed by atoms with van der Waals surface area (Å²) < 4.78 is 0. The molecule has 1 fully saturated rings. The van der Waals surface area contributed by atoms with E-state index in [1.807, 2.05) is 18.7 Å². The summed E-state index contributed by atoms with van der Waals surface area (Å²) in [6.07, 6.45) is 4.67. The van der Waals surface area contributed by atoms with Gasteiger partial charge in [0, 0.05) is 44.2 Å². The Hall–Kier alpha value is -1.54. The smallest absolute Gasteiger partial charge is 0.230 e. The van der Waals surface area contributed by atoms with Crippen LogP contribution in [-0.4, -0.2) is 64.2 Å². The Kier molecular flexibility index (Phi) is 10.2. The first-order chi connectivity index (χ1) is 14.3. The lowest BCUT2D eigenvalue weighted by molar-refractivity contribution is -0.133. The molecule has 168 valence electrons. The monoisotopic (exact) mass is 455 g/mol. The second kappa shape index (κ2) is 12.3. The zero-order valence-corrected chi connectivity index (χ0v) is 20.1. The number of anilines is 1. The van der Waals surface area contributed by atoms with E-state index in [2.05, 4.69) is 34.0 Å². The van der Waals surface area contributed by atoms with Gasteiger partial charge in [-0.05, 0) is 26.7 Å². The highest BCUT2D eigenvalue weighted by Gasteiger charge is 2.28. The number of hydrogen-bond donors (Lipinski definition) is 1. The average Bonchev–Trinajstić information content (AvgIpc) is 2.71. The highest BCUT2D eigenvalue weighted by atomic mass is 35.5. The van der Waals surface area contributed by atoms with E-state index in [9.17, 15) is 9.59 Å². The van der Waals surface area contributed by atoms with Gasteiger partial charge in [0.05, 0.1) is 5.75 Å². The molecule has 1 aliphatic rings. The van der Waals surface area contributed by atoms with Gasteiger partial charge in [0.1, 0.15) is 11.0 Å². The van der Waals surface area contributed by atoms with Gasteiger partial charge in [-0.1, -0.05) is 50.1 Å². The SMILES string of the molecule is CCCCCC(=O)N1CCN(c2cc(Cl)nc(SCC(=O)NC(C)CC)n2)CC1C. The average molecular weight is 456 g/mol. The fourth-order valence-electron chi connectivity index (χ4n) is 3.37. The fourth-order valence-corrected chi connectivity index (χ4v) is 4.26. The molecule has 2 unspecified atom stereocenters. The van der Waals surface area contributed by atoms with Crippen LogP contribution in [0.15, 0.2) is 11.2 Å². The summed E-state index contributed by atoms with van der Waals surface area (Å²) in [7, 11) is 0. The van der Waals surface area contributed by atoms with Gasteiger partial charge in [-0.15, -0.1) is 0 Å². The molecule has 0 spiro atoms. The van der Waals surface area contributed by atoms with Crippen molar-refractivity contribution in [3.05, 3.63) is 11.2 Å². The molecule has 1 saturated heterocycles. The van der Waals surface area contributed by atoms with Gasteiger partial charge in [0.2, 0.25) is 11.8 Å². The van der Waals surface area contributed by atoms with Crippen LogP contribution in [0.5, 0.6) is 0 Å². The van der Waals surface area contributed by atoms with Crippen LogP contribution in [-0.2, 0) is 9.59 Å². The van der Waals surface area contributed by atoms with E-state index in [1.165, 1.54) is 11.8 Å². The quantitative estimate of drug-likeness (QED) is 0.250. The van der Waals surface area contributed by atoms with Crippen LogP contribution < -0.4 is 10.2 Å². The largest absolute Gasteiger partial charge is 0.353 e. The molecule has 2 rings (SSSR count). The topological polar surface area (TPSA) is 78.4 Å². The summed E-state index contributed by atoms with van der Waals surface area (Å²) in [5.74, 6) is 1.19. The van der Waals surface area contributed by atoms with E-state index in [4.69, 9.17) is 11.6 Å². The minimum Gasteiger partial charge on any atom is -0.353 e. The van der Waals surface area contributed by atoms with Gasteiger partial charge in [0.15, 0.2) is 5.16 Å². The van der Waals surface area contributed by atoms with Crippen LogP contribution in [0.4, 0.5) is 5.82 Å². The van der Waals surface area contributed by atoms with E-state index in [0.29, 0.717) is 36.4 Å². The van der Waals surface area contributed by atoms with Crippen molar-refractivity contribution in [2.45, 2.75) is 77.0 Å². The lowest BCUT2D eigenvalue weighted by atomic mass is 10.1. The maximum absolute atomic E-state index is 12.5. The molecule has 30 heavy (non-hydrogen) atoms. The number of piperazine rings is 1. The third-order valence-electron chi connectivity index (χ3n) is 5.28. The van der Waals surface area contributed by atoms with Crippen LogP contribution >= 0.6 is 23.4 Å². The standard InChI is InChI=1S/C21H34ClN5O2S/c1-5-7-8-9-20(29)27-11-10-26(13-16(27)4)18-12-17(22)24-21(25-18)30-14-19(28)23-15(3)6-2/h12,15-16H,5-11,13-14H2,1-4H3,(H,23,28). The van der Waals surface area contributed by atoms with Crippen LogP contribution in [0.1, 0.15) is 59.8 Å². The molecule has 0 aliphatic carbocycles. The van der Waals surface area contributed by atoms with Crippen LogP contribution in [0.3, 0.4) is 0 Å². The van der Waals surface area contributed by atoms with E-state index in [-0.39, 0.29) is 29.7 Å².